The van der Waals surface area contributed by atoms with Gasteiger partial charge in [0, 0.05) is 6.54 Å². The Morgan fingerprint density at radius 2 is 2.19 bits per heavy atom. The highest BCUT2D eigenvalue weighted by Gasteiger charge is 2.09. The van der Waals surface area contributed by atoms with Crippen molar-refractivity contribution in [3.05, 3.63) is 45.2 Å². The molecule has 2 rings (SSSR count). The number of para-hydroxylation sites is 1. The van der Waals surface area contributed by atoms with Gasteiger partial charge in [0.25, 0.3) is 5.56 Å². The standard InChI is InChI=1S/C10H10ClN3OS/c11-7-3-1-2-4-8(7)13-10-6(5-12)9(15)14-16-10/h1-4,13H,5,12H2,(H,14,15). The van der Waals surface area contributed by atoms with Gasteiger partial charge in [-0.05, 0) is 23.7 Å². The molecule has 0 spiro atoms. The molecule has 1 aromatic carbocycles. The summed E-state index contributed by atoms with van der Waals surface area (Å²) in [6, 6.07) is 7.33. The van der Waals surface area contributed by atoms with Crippen molar-refractivity contribution in [3.63, 3.8) is 0 Å². The van der Waals surface area contributed by atoms with Gasteiger partial charge in [-0.3, -0.25) is 9.17 Å². The summed E-state index contributed by atoms with van der Waals surface area (Å²) in [5, 5.41) is 4.40. The lowest BCUT2D eigenvalue weighted by atomic mass is 10.3. The molecule has 4 N–H and O–H groups in total. The number of anilines is 2. The maximum atomic E-state index is 11.3. The molecule has 0 saturated heterocycles. The topological polar surface area (TPSA) is 70.9 Å². The molecule has 0 aliphatic carbocycles. The van der Waals surface area contributed by atoms with E-state index in [0.717, 1.165) is 5.69 Å². The molecule has 0 aliphatic rings. The van der Waals surface area contributed by atoms with Crippen molar-refractivity contribution in [2.75, 3.05) is 5.32 Å². The number of hydrogen-bond acceptors (Lipinski definition) is 4. The van der Waals surface area contributed by atoms with Crippen molar-refractivity contribution in [1.82, 2.24) is 4.37 Å². The van der Waals surface area contributed by atoms with Gasteiger partial charge >= 0.3 is 0 Å². The largest absolute Gasteiger partial charge is 0.344 e. The van der Waals surface area contributed by atoms with Crippen molar-refractivity contribution in [1.29, 1.82) is 0 Å². The monoisotopic (exact) mass is 255 g/mol. The smallest absolute Gasteiger partial charge is 0.264 e. The molecule has 4 nitrogen and oxygen atoms in total. The Kier molecular flexibility index (Phi) is 3.28. The van der Waals surface area contributed by atoms with Crippen LogP contribution >= 0.6 is 23.1 Å². The van der Waals surface area contributed by atoms with E-state index >= 15 is 0 Å². The first-order chi connectivity index (χ1) is 7.72. The second-order valence-electron chi connectivity index (χ2n) is 3.15. The quantitative estimate of drug-likeness (QED) is 0.788. The van der Waals surface area contributed by atoms with Gasteiger partial charge in [0.15, 0.2) is 0 Å². The molecule has 84 valence electrons. The number of H-pyrrole nitrogens is 1. The van der Waals surface area contributed by atoms with Gasteiger partial charge in [0.1, 0.15) is 5.00 Å². The predicted molar refractivity (Wildman–Crippen MR) is 67.6 cm³/mol. The summed E-state index contributed by atoms with van der Waals surface area (Å²) in [7, 11) is 0. The van der Waals surface area contributed by atoms with Gasteiger partial charge in [-0.25, -0.2) is 0 Å². The van der Waals surface area contributed by atoms with Crippen LogP contribution in [-0.4, -0.2) is 4.37 Å². The number of aromatic nitrogens is 1. The van der Waals surface area contributed by atoms with Crippen LogP contribution in [0, 0.1) is 0 Å². The van der Waals surface area contributed by atoms with E-state index in [1.807, 2.05) is 18.2 Å². The van der Waals surface area contributed by atoms with E-state index in [1.54, 1.807) is 6.07 Å². The molecule has 0 atom stereocenters. The number of hydrogen-bond donors (Lipinski definition) is 3. The van der Waals surface area contributed by atoms with Gasteiger partial charge in [-0.1, -0.05) is 23.7 Å². The third-order valence-electron chi connectivity index (χ3n) is 2.12. The van der Waals surface area contributed by atoms with Crippen LogP contribution in [0.5, 0.6) is 0 Å². The Morgan fingerprint density at radius 1 is 1.44 bits per heavy atom. The molecule has 0 unspecified atom stereocenters. The van der Waals surface area contributed by atoms with Crippen LogP contribution in [0.25, 0.3) is 0 Å². The van der Waals surface area contributed by atoms with Gasteiger partial charge in [-0.2, -0.15) is 0 Å². The maximum Gasteiger partial charge on any atom is 0.264 e. The zero-order valence-electron chi connectivity index (χ0n) is 8.29. The molecule has 0 saturated carbocycles. The van der Waals surface area contributed by atoms with E-state index < -0.39 is 0 Å². The summed E-state index contributed by atoms with van der Waals surface area (Å²) in [6.07, 6.45) is 0. The van der Waals surface area contributed by atoms with Gasteiger partial charge < -0.3 is 11.1 Å². The van der Waals surface area contributed by atoms with Crippen LogP contribution in [0.2, 0.25) is 5.02 Å². The zero-order valence-corrected chi connectivity index (χ0v) is 9.86. The lowest BCUT2D eigenvalue weighted by Gasteiger charge is -2.06. The van der Waals surface area contributed by atoms with Crippen molar-refractivity contribution in [2.24, 2.45) is 5.73 Å². The molecule has 1 heterocycles. The number of rotatable bonds is 3. The molecule has 0 amide bonds. The number of halogens is 1. The fraction of sp³-hybridized carbons (Fsp3) is 0.100. The minimum Gasteiger partial charge on any atom is -0.344 e. The fourth-order valence-electron chi connectivity index (χ4n) is 1.29. The third-order valence-corrected chi connectivity index (χ3v) is 3.29. The van der Waals surface area contributed by atoms with Crippen molar-refractivity contribution in [3.8, 4) is 0 Å². The lowest BCUT2D eigenvalue weighted by molar-refractivity contribution is 1.05. The van der Waals surface area contributed by atoms with Crippen LogP contribution in [0.3, 0.4) is 0 Å². The number of nitrogens with one attached hydrogen (secondary N) is 2. The minimum absolute atomic E-state index is 0.151. The molecule has 2 aromatic rings. The van der Waals surface area contributed by atoms with Crippen LogP contribution in [-0.2, 0) is 6.54 Å². The number of benzene rings is 1. The highest BCUT2D eigenvalue weighted by molar-refractivity contribution is 7.10. The molecule has 0 fully saturated rings. The van der Waals surface area contributed by atoms with E-state index in [2.05, 4.69) is 9.69 Å². The van der Waals surface area contributed by atoms with E-state index in [-0.39, 0.29) is 12.1 Å². The summed E-state index contributed by atoms with van der Waals surface area (Å²) in [5.41, 5.74) is 6.66. The van der Waals surface area contributed by atoms with Gasteiger partial charge in [0.05, 0.1) is 16.3 Å². The summed E-state index contributed by atoms with van der Waals surface area (Å²) in [4.78, 5) is 11.3. The lowest BCUT2D eigenvalue weighted by Crippen LogP contribution is -2.11. The second-order valence-corrected chi connectivity index (χ2v) is 4.37. The summed E-state index contributed by atoms with van der Waals surface area (Å²) < 4.78 is 2.63. The maximum absolute atomic E-state index is 11.3. The Hall–Kier alpha value is -1.30. The SMILES string of the molecule is NCc1c(Nc2ccccc2Cl)s[nH]c1=O. The van der Waals surface area contributed by atoms with Gasteiger partial charge in [0.2, 0.25) is 0 Å². The average Bonchev–Trinajstić information content (AvgIpc) is 2.63. The average molecular weight is 256 g/mol. The highest BCUT2D eigenvalue weighted by atomic mass is 35.5. The molecule has 16 heavy (non-hydrogen) atoms. The van der Waals surface area contributed by atoms with E-state index in [9.17, 15) is 4.79 Å². The highest BCUT2D eigenvalue weighted by Crippen LogP contribution is 2.27. The predicted octanol–water partition coefficient (Wildman–Crippen LogP) is 2.29. The van der Waals surface area contributed by atoms with Crippen molar-refractivity contribution >= 4 is 33.8 Å². The van der Waals surface area contributed by atoms with Crippen LogP contribution in [0.15, 0.2) is 29.1 Å². The van der Waals surface area contributed by atoms with Crippen molar-refractivity contribution < 1.29 is 0 Å². The number of aromatic amines is 1. The van der Waals surface area contributed by atoms with E-state index in [0.29, 0.717) is 15.6 Å². The second kappa shape index (κ2) is 4.69. The Morgan fingerprint density at radius 3 is 2.88 bits per heavy atom. The molecule has 0 bridgehead atoms. The summed E-state index contributed by atoms with van der Waals surface area (Å²) in [5.74, 6) is 0. The third kappa shape index (κ3) is 2.11. The normalized spacial score (nSPS) is 10.4. The molecule has 6 heteroatoms. The molecule has 1 aromatic heterocycles. The fourth-order valence-corrected chi connectivity index (χ4v) is 2.26. The Bertz CT molecular complexity index is 549. The number of nitrogens with two attached hydrogens (primary N) is 1. The minimum atomic E-state index is -0.151. The zero-order chi connectivity index (χ0) is 11.5. The molecular formula is C10H10ClN3OS. The van der Waals surface area contributed by atoms with Crippen LogP contribution in [0.1, 0.15) is 5.56 Å². The Labute approximate surface area is 101 Å². The van der Waals surface area contributed by atoms with E-state index in [1.165, 1.54) is 11.5 Å². The first-order valence-electron chi connectivity index (χ1n) is 4.64. The van der Waals surface area contributed by atoms with Gasteiger partial charge in [-0.15, -0.1) is 0 Å². The molecule has 0 aliphatic heterocycles. The van der Waals surface area contributed by atoms with E-state index in [4.69, 9.17) is 17.3 Å². The molecule has 0 radical (unpaired) electrons. The van der Waals surface area contributed by atoms with Crippen LogP contribution < -0.4 is 16.6 Å². The Balaban J connectivity index is 2.34. The van der Waals surface area contributed by atoms with Crippen LogP contribution in [0.4, 0.5) is 10.7 Å². The first-order valence-corrected chi connectivity index (χ1v) is 5.83. The van der Waals surface area contributed by atoms with Crippen molar-refractivity contribution in [2.45, 2.75) is 6.54 Å². The molecular weight excluding hydrogens is 246 g/mol. The summed E-state index contributed by atoms with van der Waals surface area (Å²) in [6.45, 7) is 0.200. The first kappa shape index (κ1) is 11.2. The summed E-state index contributed by atoms with van der Waals surface area (Å²) >= 11 is 7.22.